The summed E-state index contributed by atoms with van der Waals surface area (Å²) in [5, 5.41) is 0. The van der Waals surface area contributed by atoms with E-state index in [2.05, 4.69) is 26.0 Å². The molecule has 0 aliphatic carbocycles. The van der Waals surface area contributed by atoms with E-state index in [1.54, 1.807) is 6.92 Å². The summed E-state index contributed by atoms with van der Waals surface area (Å²) in [7, 11) is 0. The molecule has 0 aliphatic rings. The molecule has 12 heavy (non-hydrogen) atoms. The molecule has 0 rings (SSSR count). The predicted molar refractivity (Wildman–Crippen MR) is 53.1 cm³/mol. The molecule has 0 unspecified atom stereocenters. The minimum absolute atomic E-state index is 0.298. The Morgan fingerprint density at radius 2 is 2.00 bits per heavy atom. The lowest BCUT2D eigenvalue weighted by Gasteiger charge is -1.96. The zero-order chi connectivity index (χ0) is 9.40. The summed E-state index contributed by atoms with van der Waals surface area (Å²) in [5.41, 5.74) is 0. The third-order valence-corrected chi connectivity index (χ3v) is 1.67. The smallest absolute Gasteiger partial charge is 0.129 e. The molecule has 0 N–H and O–H groups in total. The van der Waals surface area contributed by atoms with Crippen molar-refractivity contribution in [2.75, 3.05) is 0 Å². The van der Waals surface area contributed by atoms with E-state index in [-0.39, 0.29) is 0 Å². The lowest BCUT2D eigenvalue weighted by Crippen LogP contribution is -1.87. The molecular formula is C11H20O. The summed E-state index contributed by atoms with van der Waals surface area (Å²) in [6, 6.07) is 0. The lowest BCUT2D eigenvalue weighted by atomic mass is 10.1. The minimum atomic E-state index is 0.298. The number of hydrogen-bond donors (Lipinski definition) is 0. The Bertz CT molecular complexity index is 145. The molecule has 0 aliphatic heterocycles. The molecule has 1 nitrogen and oxygen atoms in total. The van der Waals surface area contributed by atoms with Gasteiger partial charge in [-0.2, -0.15) is 0 Å². The number of hydrogen-bond acceptors (Lipinski definition) is 1. The Labute approximate surface area is 75.9 Å². The van der Waals surface area contributed by atoms with Crippen molar-refractivity contribution in [1.82, 2.24) is 0 Å². The second kappa shape index (κ2) is 7.08. The summed E-state index contributed by atoms with van der Waals surface area (Å²) in [6.07, 6.45) is 8.33. The topological polar surface area (TPSA) is 17.1 Å². The van der Waals surface area contributed by atoms with Crippen molar-refractivity contribution in [1.29, 1.82) is 0 Å². The third-order valence-electron chi connectivity index (χ3n) is 1.67. The molecule has 1 heteroatoms. The van der Waals surface area contributed by atoms with Crippen molar-refractivity contribution >= 4 is 5.78 Å². The van der Waals surface area contributed by atoms with Gasteiger partial charge in [0.05, 0.1) is 0 Å². The van der Waals surface area contributed by atoms with Crippen LogP contribution in [-0.4, -0.2) is 5.78 Å². The van der Waals surface area contributed by atoms with E-state index in [9.17, 15) is 4.79 Å². The molecule has 0 fully saturated rings. The van der Waals surface area contributed by atoms with Crippen LogP contribution in [0.25, 0.3) is 0 Å². The van der Waals surface area contributed by atoms with Crippen LogP contribution in [-0.2, 0) is 4.79 Å². The highest BCUT2D eigenvalue weighted by Gasteiger charge is 1.90. The van der Waals surface area contributed by atoms with Crippen molar-refractivity contribution in [2.45, 2.75) is 46.5 Å². The third kappa shape index (κ3) is 9.41. The van der Waals surface area contributed by atoms with E-state index in [1.807, 2.05) is 0 Å². The highest BCUT2D eigenvalue weighted by molar-refractivity contribution is 5.75. The molecule has 0 aromatic rings. The van der Waals surface area contributed by atoms with Crippen molar-refractivity contribution in [3.05, 3.63) is 12.2 Å². The van der Waals surface area contributed by atoms with E-state index in [0.717, 1.165) is 31.6 Å². The fourth-order valence-corrected chi connectivity index (χ4v) is 0.955. The number of carbonyl (C=O) groups excluding carboxylic acids is 1. The summed E-state index contributed by atoms with van der Waals surface area (Å²) < 4.78 is 0. The number of carbonyl (C=O) groups is 1. The van der Waals surface area contributed by atoms with Crippen molar-refractivity contribution < 1.29 is 4.79 Å². The second-order valence-corrected chi connectivity index (χ2v) is 3.70. The van der Waals surface area contributed by atoms with E-state index >= 15 is 0 Å². The van der Waals surface area contributed by atoms with Crippen LogP contribution in [0.1, 0.15) is 46.5 Å². The zero-order valence-corrected chi connectivity index (χ0v) is 8.47. The normalized spacial score (nSPS) is 11.3. The number of allylic oxidation sites excluding steroid dienone is 2. The Morgan fingerprint density at radius 1 is 1.33 bits per heavy atom. The van der Waals surface area contributed by atoms with Crippen molar-refractivity contribution in [3.8, 4) is 0 Å². The van der Waals surface area contributed by atoms with Crippen LogP contribution in [0.15, 0.2) is 12.2 Å². The number of unbranched alkanes of at least 4 members (excludes halogenated alkanes) is 1. The molecule has 0 saturated carbocycles. The number of rotatable bonds is 6. The van der Waals surface area contributed by atoms with Gasteiger partial charge in [0.1, 0.15) is 5.78 Å². The summed E-state index contributed by atoms with van der Waals surface area (Å²) in [4.78, 5) is 10.6. The van der Waals surface area contributed by atoms with Crippen LogP contribution in [0.2, 0.25) is 0 Å². The fraction of sp³-hybridized carbons (Fsp3) is 0.727. The average molecular weight is 168 g/mol. The number of Topliss-reactive ketones (excluding diaryl/α,β-unsaturated/α-hetero) is 1. The molecular weight excluding hydrogens is 148 g/mol. The van der Waals surface area contributed by atoms with Gasteiger partial charge in [0.15, 0.2) is 0 Å². The van der Waals surface area contributed by atoms with Gasteiger partial charge >= 0.3 is 0 Å². The zero-order valence-electron chi connectivity index (χ0n) is 8.47. The van der Waals surface area contributed by atoms with Gasteiger partial charge in [-0.25, -0.2) is 0 Å². The van der Waals surface area contributed by atoms with Gasteiger partial charge in [0.2, 0.25) is 0 Å². The SMILES string of the molecule is CC(=O)CCC/C=C\CC(C)C. The number of ketones is 1. The van der Waals surface area contributed by atoms with Gasteiger partial charge in [-0.3, -0.25) is 0 Å². The molecule has 0 aromatic heterocycles. The average Bonchev–Trinajstić information content (AvgIpc) is 1.95. The van der Waals surface area contributed by atoms with Crippen LogP contribution in [0.4, 0.5) is 0 Å². The first-order chi connectivity index (χ1) is 5.63. The van der Waals surface area contributed by atoms with Gasteiger partial charge in [-0.15, -0.1) is 0 Å². The maximum absolute atomic E-state index is 10.6. The van der Waals surface area contributed by atoms with Crippen molar-refractivity contribution in [3.63, 3.8) is 0 Å². The predicted octanol–water partition coefficient (Wildman–Crippen LogP) is 3.35. The van der Waals surface area contributed by atoms with Crippen LogP contribution in [0, 0.1) is 5.92 Å². The van der Waals surface area contributed by atoms with E-state index in [1.165, 1.54) is 0 Å². The molecule has 0 radical (unpaired) electrons. The first-order valence-electron chi connectivity index (χ1n) is 4.77. The van der Waals surface area contributed by atoms with Gasteiger partial charge < -0.3 is 4.79 Å². The van der Waals surface area contributed by atoms with E-state index in [0.29, 0.717) is 5.78 Å². The van der Waals surface area contributed by atoms with Crippen LogP contribution >= 0.6 is 0 Å². The first-order valence-corrected chi connectivity index (χ1v) is 4.77. The maximum atomic E-state index is 10.6. The summed E-state index contributed by atoms with van der Waals surface area (Å²) in [6.45, 7) is 6.07. The maximum Gasteiger partial charge on any atom is 0.129 e. The molecule has 70 valence electrons. The molecule has 0 saturated heterocycles. The van der Waals surface area contributed by atoms with E-state index in [4.69, 9.17) is 0 Å². The van der Waals surface area contributed by atoms with Gasteiger partial charge in [-0.05, 0) is 32.1 Å². The van der Waals surface area contributed by atoms with Crippen molar-refractivity contribution in [2.24, 2.45) is 5.92 Å². The van der Waals surface area contributed by atoms with Gasteiger partial charge in [0.25, 0.3) is 0 Å². The Kier molecular flexibility index (Phi) is 6.73. The van der Waals surface area contributed by atoms with Crippen LogP contribution in [0.5, 0.6) is 0 Å². The monoisotopic (exact) mass is 168 g/mol. The molecule has 0 bridgehead atoms. The Balaban J connectivity index is 3.19. The fourth-order valence-electron chi connectivity index (χ4n) is 0.955. The quantitative estimate of drug-likeness (QED) is 0.439. The van der Waals surface area contributed by atoms with Gasteiger partial charge in [-0.1, -0.05) is 26.0 Å². The summed E-state index contributed by atoms with van der Waals surface area (Å²) in [5.74, 6) is 1.04. The largest absolute Gasteiger partial charge is 0.300 e. The Hall–Kier alpha value is -0.590. The molecule has 0 amide bonds. The minimum Gasteiger partial charge on any atom is -0.300 e. The highest BCUT2D eigenvalue weighted by Crippen LogP contribution is 2.02. The molecule has 0 spiro atoms. The van der Waals surface area contributed by atoms with Crippen LogP contribution in [0.3, 0.4) is 0 Å². The first kappa shape index (κ1) is 11.4. The van der Waals surface area contributed by atoms with Gasteiger partial charge in [0, 0.05) is 6.42 Å². The molecule has 0 aromatic carbocycles. The standard InChI is InChI=1S/C11H20O/c1-10(2)8-6-4-5-7-9-11(3)12/h4,6,10H,5,7-9H2,1-3H3/b6-4-. The second-order valence-electron chi connectivity index (χ2n) is 3.70. The Morgan fingerprint density at radius 3 is 2.50 bits per heavy atom. The molecule has 0 heterocycles. The summed E-state index contributed by atoms with van der Waals surface area (Å²) >= 11 is 0. The highest BCUT2D eigenvalue weighted by atomic mass is 16.1. The van der Waals surface area contributed by atoms with E-state index < -0.39 is 0 Å². The molecule has 0 atom stereocenters. The van der Waals surface area contributed by atoms with Crippen LogP contribution < -0.4 is 0 Å². The lowest BCUT2D eigenvalue weighted by molar-refractivity contribution is -0.117.